The first kappa shape index (κ1) is 13.4. The first-order chi connectivity index (χ1) is 11.4. The second-order valence-corrected chi connectivity index (χ2v) is 5.08. The molecule has 0 fully saturated rings. The molecule has 0 bridgehead atoms. The number of anilines is 1. The second kappa shape index (κ2) is 5.84. The Kier molecular flexibility index (Phi) is 3.40. The van der Waals surface area contributed by atoms with Crippen LogP contribution >= 0.6 is 0 Å². The van der Waals surface area contributed by atoms with E-state index in [9.17, 15) is 0 Å². The summed E-state index contributed by atoms with van der Waals surface area (Å²) in [7, 11) is 0. The van der Waals surface area contributed by atoms with Crippen molar-refractivity contribution in [2.45, 2.75) is 6.54 Å². The summed E-state index contributed by atoms with van der Waals surface area (Å²) in [5, 5.41) is 13.5. The summed E-state index contributed by atoms with van der Waals surface area (Å²) in [5.41, 5.74) is 1.83. The molecule has 0 saturated heterocycles. The van der Waals surface area contributed by atoms with Gasteiger partial charge in [-0.2, -0.15) is 5.10 Å². The number of H-pyrrole nitrogens is 1. The summed E-state index contributed by atoms with van der Waals surface area (Å²) in [6.45, 7) is 0.521. The fourth-order valence-corrected chi connectivity index (χ4v) is 2.51. The van der Waals surface area contributed by atoms with Gasteiger partial charge >= 0.3 is 0 Å². The van der Waals surface area contributed by atoms with E-state index in [4.69, 9.17) is 0 Å². The molecule has 2 aromatic heterocycles. The zero-order chi connectivity index (χ0) is 15.5. The highest BCUT2D eigenvalue weighted by atomic mass is 15.2. The topological polar surface area (TPSA) is 79.4 Å². The van der Waals surface area contributed by atoms with Gasteiger partial charge in [0.05, 0.1) is 18.4 Å². The van der Waals surface area contributed by atoms with E-state index in [1.54, 1.807) is 18.6 Å². The van der Waals surface area contributed by atoms with Crippen molar-refractivity contribution >= 4 is 16.7 Å². The van der Waals surface area contributed by atoms with Gasteiger partial charge in [-0.05, 0) is 10.8 Å². The molecule has 6 heteroatoms. The molecule has 2 heterocycles. The van der Waals surface area contributed by atoms with Crippen LogP contribution in [0.3, 0.4) is 0 Å². The van der Waals surface area contributed by atoms with Gasteiger partial charge in [0.15, 0.2) is 0 Å². The standard InChI is InChI=1S/C17H14N6/c1-2-6-13-12(4-1)5-3-7-14(13)15-10-21-23-17(22-15)20-11-16-18-8-9-19-16/h1-10H,11H2,(H,18,19)(H,20,22,23). The van der Waals surface area contributed by atoms with Crippen LogP contribution in [0, 0.1) is 0 Å². The average molecular weight is 302 g/mol. The van der Waals surface area contributed by atoms with Crippen LogP contribution in [-0.4, -0.2) is 25.1 Å². The van der Waals surface area contributed by atoms with Crippen molar-refractivity contribution in [2.24, 2.45) is 0 Å². The van der Waals surface area contributed by atoms with Crippen LogP contribution in [0.25, 0.3) is 22.0 Å². The zero-order valence-corrected chi connectivity index (χ0v) is 12.3. The molecule has 23 heavy (non-hydrogen) atoms. The van der Waals surface area contributed by atoms with Crippen LogP contribution in [0.2, 0.25) is 0 Å². The Morgan fingerprint density at radius 3 is 2.87 bits per heavy atom. The third kappa shape index (κ3) is 2.74. The molecule has 0 atom stereocenters. The number of nitrogens with one attached hydrogen (secondary N) is 2. The molecular formula is C17H14N6. The predicted octanol–water partition coefficient (Wildman–Crippen LogP) is 3.03. The maximum atomic E-state index is 4.57. The van der Waals surface area contributed by atoms with Crippen molar-refractivity contribution < 1.29 is 0 Å². The summed E-state index contributed by atoms with van der Waals surface area (Å²) >= 11 is 0. The monoisotopic (exact) mass is 302 g/mol. The van der Waals surface area contributed by atoms with Gasteiger partial charge in [-0.15, -0.1) is 5.10 Å². The molecular weight excluding hydrogens is 288 g/mol. The molecule has 0 aliphatic heterocycles. The lowest BCUT2D eigenvalue weighted by Gasteiger charge is -2.07. The number of nitrogens with zero attached hydrogens (tertiary/aromatic N) is 4. The number of benzene rings is 2. The molecule has 0 unspecified atom stereocenters. The quantitative estimate of drug-likeness (QED) is 0.606. The highest BCUT2D eigenvalue weighted by Gasteiger charge is 2.07. The van der Waals surface area contributed by atoms with Crippen LogP contribution in [0.1, 0.15) is 5.82 Å². The van der Waals surface area contributed by atoms with E-state index in [2.05, 4.69) is 48.7 Å². The van der Waals surface area contributed by atoms with Gasteiger partial charge < -0.3 is 10.3 Å². The molecule has 2 N–H and O–H groups in total. The Hall–Kier alpha value is -3.28. The van der Waals surface area contributed by atoms with Gasteiger partial charge in [-0.25, -0.2) is 9.97 Å². The van der Waals surface area contributed by atoms with Gasteiger partial charge in [-0.3, -0.25) is 0 Å². The van der Waals surface area contributed by atoms with Crippen molar-refractivity contribution in [1.82, 2.24) is 25.1 Å². The number of hydrogen-bond acceptors (Lipinski definition) is 5. The number of hydrogen-bond donors (Lipinski definition) is 2. The van der Waals surface area contributed by atoms with Gasteiger partial charge in [0.25, 0.3) is 0 Å². The lowest BCUT2D eigenvalue weighted by atomic mass is 10.0. The van der Waals surface area contributed by atoms with Crippen LogP contribution in [0.5, 0.6) is 0 Å². The van der Waals surface area contributed by atoms with Crippen molar-refractivity contribution in [3.05, 3.63) is 66.9 Å². The van der Waals surface area contributed by atoms with Gasteiger partial charge in [0, 0.05) is 18.0 Å². The van der Waals surface area contributed by atoms with Crippen LogP contribution in [-0.2, 0) is 6.54 Å². The van der Waals surface area contributed by atoms with E-state index >= 15 is 0 Å². The average Bonchev–Trinajstić information content (AvgIpc) is 3.13. The lowest BCUT2D eigenvalue weighted by molar-refractivity contribution is 0.921. The van der Waals surface area contributed by atoms with Crippen molar-refractivity contribution in [3.8, 4) is 11.3 Å². The number of aromatic nitrogens is 5. The fourth-order valence-electron chi connectivity index (χ4n) is 2.51. The summed E-state index contributed by atoms with van der Waals surface area (Å²) in [6, 6.07) is 14.4. The Bertz CT molecular complexity index is 927. The smallest absolute Gasteiger partial charge is 0.243 e. The van der Waals surface area contributed by atoms with Gasteiger partial charge in [-0.1, -0.05) is 42.5 Å². The first-order valence-corrected chi connectivity index (χ1v) is 7.30. The number of fused-ring (bicyclic) bond motifs is 1. The van der Waals surface area contributed by atoms with E-state index < -0.39 is 0 Å². The lowest BCUT2D eigenvalue weighted by Crippen LogP contribution is -2.06. The largest absolute Gasteiger partial charge is 0.347 e. The van der Waals surface area contributed by atoms with E-state index in [0.717, 1.165) is 22.5 Å². The molecule has 0 radical (unpaired) electrons. The third-order valence-corrected chi connectivity index (χ3v) is 3.59. The van der Waals surface area contributed by atoms with Gasteiger partial charge in [0.2, 0.25) is 5.95 Å². The molecule has 0 saturated carbocycles. The molecule has 0 aliphatic rings. The van der Waals surface area contributed by atoms with Crippen molar-refractivity contribution in [3.63, 3.8) is 0 Å². The van der Waals surface area contributed by atoms with E-state index in [0.29, 0.717) is 12.5 Å². The number of rotatable bonds is 4. The van der Waals surface area contributed by atoms with Crippen LogP contribution in [0.15, 0.2) is 61.1 Å². The number of aromatic amines is 1. The Morgan fingerprint density at radius 1 is 1.04 bits per heavy atom. The number of imidazole rings is 1. The highest BCUT2D eigenvalue weighted by molar-refractivity contribution is 5.95. The minimum absolute atomic E-state index is 0.479. The first-order valence-electron chi connectivity index (χ1n) is 7.30. The van der Waals surface area contributed by atoms with E-state index in [1.165, 1.54) is 5.39 Å². The SMILES string of the molecule is c1ccc2c(-c3cnnc(NCc4ncc[nH]4)n3)cccc2c1. The summed E-state index contributed by atoms with van der Waals surface area (Å²) in [4.78, 5) is 11.8. The highest BCUT2D eigenvalue weighted by Crippen LogP contribution is 2.26. The molecule has 0 amide bonds. The summed E-state index contributed by atoms with van der Waals surface area (Å²) in [6.07, 6.45) is 5.17. The van der Waals surface area contributed by atoms with Crippen molar-refractivity contribution in [2.75, 3.05) is 5.32 Å². The zero-order valence-electron chi connectivity index (χ0n) is 12.3. The fraction of sp³-hybridized carbons (Fsp3) is 0.0588. The maximum absolute atomic E-state index is 4.57. The molecule has 112 valence electrons. The summed E-state index contributed by atoms with van der Waals surface area (Å²) < 4.78 is 0. The normalized spacial score (nSPS) is 10.8. The molecule has 0 aliphatic carbocycles. The van der Waals surface area contributed by atoms with Gasteiger partial charge in [0.1, 0.15) is 5.82 Å². The Balaban J connectivity index is 1.67. The maximum Gasteiger partial charge on any atom is 0.243 e. The molecule has 4 aromatic rings. The summed E-state index contributed by atoms with van der Waals surface area (Å²) in [5.74, 6) is 1.30. The van der Waals surface area contributed by atoms with Crippen LogP contribution < -0.4 is 5.32 Å². The third-order valence-electron chi connectivity index (χ3n) is 3.59. The molecule has 0 spiro atoms. The Morgan fingerprint density at radius 2 is 1.96 bits per heavy atom. The molecule has 2 aromatic carbocycles. The Labute approximate surface area is 132 Å². The van der Waals surface area contributed by atoms with E-state index in [-0.39, 0.29) is 0 Å². The van der Waals surface area contributed by atoms with Crippen molar-refractivity contribution in [1.29, 1.82) is 0 Å². The van der Waals surface area contributed by atoms with E-state index in [1.807, 2.05) is 24.3 Å². The second-order valence-electron chi connectivity index (χ2n) is 5.08. The minimum atomic E-state index is 0.479. The minimum Gasteiger partial charge on any atom is -0.347 e. The predicted molar refractivity (Wildman–Crippen MR) is 88.7 cm³/mol. The molecule has 4 rings (SSSR count). The molecule has 6 nitrogen and oxygen atoms in total. The van der Waals surface area contributed by atoms with Crippen LogP contribution in [0.4, 0.5) is 5.95 Å².